The number of amides is 1. The molecule has 8 heteroatoms. The van der Waals surface area contributed by atoms with Gasteiger partial charge in [-0.05, 0) is 34.4 Å². The first-order valence-corrected chi connectivity index (χ1v) is 11.1. The van der Waals surface area contributed by atoms with Crippen molar-refractivity contribution in [2.75, 3.05) is 13.2 Å². The Hall–Kier alpha value is -2.28. The predicted octanol–water partition coefficient (Wildman–Crippen LogP) is 5.58. The molecule has 2 atom stereocenters. The van der Waals surface area contributed by atoms with Crippen molar-refractivity contribution >= 4 is 40.9 Å². The molecule has 0 saturated carbocycles. The smallest absolute Gasteiger partial charge is 0.407 e. The number of hydrogen-bond acceptors (Lipinski definition) is 4. The van der Waals surface area contributed by atoms with Crippen LogP contribution in [-0.4, -0.2) is 35.6 Å². The number of fused-ring (bicyclic) bond motifs is 3. The topological polar surface area (TPSA) is 78.8 Å². The summed E-state index contributed by atoms with van der Waals surface area (Å²) in [4.78, 5) is 12.3. The van der Waals surface area contributed by atoms with Crippen LogP contribution in [0.1, 0.15) is 28.7 Å². The molecule has 0 bridgehead atoms. The van der Waals surface area contributed by atoms with Gasteiger partial charge in [0.1, 0.15) is 18.8 Å². The maximum Gasteiger partial charge on any atom is 0.407 e. The molecule has 0 aromatic heterocycles. The van der Waals surface area contributed by atoms with Crippen LogP contribution in [0, 0.1) is 0 Å². The fraction of sp³-hybridized carbons (Fsp3) is 0.208. The van der Waals surface area contributed by atoms with E-state index in [1.54, 1.807) is 0 Å². The summed E-state index contributed by atoms with van der Waals surface area (Å²) in [5.74, 6) is -0.0707. The molecule has 5 nitrogen and oxygen atoms in total. The standard InChI is InChI=1S/C24H20Cl3NO4/c25-19-10-21(27)20(26)9-17(19)23(30)22(29)11-28-24(31)32-12-18-15-7-3-1-5-13(15)14-6-2-4-8-16(14)18/h1-10,18,22-23,29-30H,11-12H2,(H,28,31). The molecule has 3 aromatic rings. The number of carbonyl (C=O) groups is 1. The molecule has 0 heterocycles. The minimum atomic E-state index is -1.37. The fourth-order valence-corrected chi connectivity index (χ4v) is 4.59. The first kappa shape index (κ1) is 22.9. The number of aliphatic hydroxyl groups excluding tert-OH is 2. The molecule has 0 fully saturated rings. The van der Waals surface area contributed by atoms with Crippen LogP contribution in [-0.2, 0) is 4.74 Å². The summed E-state index contributed by atoms with van der Waals surface area (Å²) >= 11 is 17.9. The van der Waals surface area contributed by atoms with Crippen molar-refractivity contribution in [1.29, 1.82) is 0 Å². The van der Waals surface area contributed by atoms with E-state index in [1.165, 1.54) is 12.1 Å². The molecule has 0 radical (unpaired) electrons. The Morgan fingerprint density at radius 3 is 2.09 bits per heavy atom. The average Bonchev–Trinajstić information content (AvgIpc) is 3.11. The van der Waals surface area contributed by atoms with Gasteiger partial charge in [-0.2, -0.15) is 0 Å². The van der Waals surface area contributed by atoms with Crippen molar-refractivity contribution in [2.24, 2.45) is 0 Å². The summed E-state index contributed by atoms with van der Waals surface area (Å²) in [6.07, 6.45) is -3.39. The Labute approximate surface area is 200 Å². The highest BCUT2D eigenvalue weighted by atomic mass is 35.5. The van der Waals surface area contributed by atoms with Gasteiger partial charge in [0.15, 0.2) is 0 Å². The number of carbonyl (C=O) groups excluding carboxylic acids is 1. The van der Waals surface area contributed by atoms with E-state index in [9.17, 15) is 15.0 Å². The van der Waals surface area contributed by atoms with Crippen LogP contribution < -0.4 is 5.32 Å². The van der Waals surface area contributed by atoms with Gasteiger partial charge >= 0.3 is 6.09 Å². The highest BCUT2D eigenvalue weighted by molar-refractivity contribution is 6.43. The van der Waals surface area contributed by atoms with Gasteiger partial charge in [-0.15, -0.1) is 0 Å². The van der Waals surface area contributed by atoms with E-state index in [1.807, 2.05) is 36.4 Å². The van der Waals surface area contributed by atoms with Crippen molar-refractivity contribution in [2.45, 2.75) is 18.1 Å². The molecule has 32 heavy (non-hydrogen) atoms. The lowest BCUT2D eigenvalue weighted by atomic mass is 9.98. The van der Waals surface area contributed by atoms with Gasteiger partial charge in [0, 0.05) is 23.0 Å². The lowest BCUT2D eigenvalue weighted by Gasteiger charge is -2.20. The average molecular weight is 493 g/mol. The van der Waals surface area contributed by atoms with E-state index < -0.39 is 18.3 Å². The molecular formula is C24H20Cl3NO4. The van der Waals surface area contributed by atoms with Gasteiger partial charge in [-0.1, -0.05) is 83.3 Å². The molecule has 0 spiro atoms. The fourth-order valence-electron chi connectivity index (χ4n) is 3.92. The molecule has 3 N–H and O–H groups in total. The number of aliphatic hydroxyl groups is 2. The van der Waals surface area contributed by atoms with E-state index in [0.717, 1.165) is 22.3 Å². The Bertz CT molecular complexity index is 1110. The minimum absolute atomic E-state index is 0.0707. The van der Waals surface area contributed by atoms with E-state index in [4.69, 9.17) is 39.5 Å². The minimum Gasteiger partial charge on any atom is -0.449 e. The van der Waals surface area contributed by atoms with Crippen molar-refractivity contribution in [1.82, 2.24) is 5.32 Å². The number of nitrogens with one attached hydrogen (secondary N) is 1. The van der Waals surface area contributed by atoms with Gasteiger partial charge in [0.2, 0.25) is 0 Å². The molecule has 0 aliphatic heterocycles. The number of alkyl carbamates (subject to hydrolysis) is 1. The monoisotopic (exact) mass is 491 g/mol. The van der Waals surface area contributed by atoms with E-state index in [2.05, 4.69) is 17.4 Å². The van der Waals surface area contributed by atoms with Crippen LogP contribution in [0.3, 0.4) is 0 Å². The Kier molecular flexibility index (Phi) is 6.93. The maximum atomic E-state index is 12.3. The molecular weight excluding hydrogens is 473 g/mol. The summed E-state index contributed by atoms with van der Waals surface area (Å²) in [7, 11) is 0. The second-order valence-electron chi connectivity index (χ2n) is 7.51. The molecule has 3 aromatic carbocycles. The zero-order valence-corrected chi connectivity index (χ0v) is 19.0. The summed E-state index contributed by atoms with van der Waals surface area (Å²) < 4.78 is 5.43. The summed E-state index contributed by atoms with van der Waals surface area (Å²) in [6.45, 7) is -0.0917. The van der Waals surface area contributed by atoms with Crippen molar-refractivity contribution < 1.29 is 19.7 Å². The molecule has 1 amide bonds. The number of hydrogen-bond donors (Lipinski definition) is 3. The number of ether oxygens (including phenoxy) is 1. The third-order valence-corrected chi connectivity index (χ3v) is 6.57. The quantitative estimate of drug-likeness (QED) is 0.393. The van der Waals surface area contributed by atoms with Gasteiger partial charge in [-0.3, -0.25) is 0 Å². The Morgan fingerprint density at radius 1 is 0.906 bits per heavy atom. The van der Waals surface area contributed by atoms with Gasteiger partial charge < -0.3 is 20.3 Å². The van der Waals surface area contributed by atoms with Crippen LogP contribution >= 0.6 is 34.8 Å². The van der Waals surface area contributed by atoms with Crippen LogP contribution in [0.2, 0.25) is 15.1 Å². The SMILES string of the molecule is O=C(NCC(O)C(O)c1cc(Cl)c(Cl)cc1Cl)OCC1c2ccccc2-c2ccccc21. The second-order valence-corrected chi connectivity index (χ2v) is 8.73. The number of halogens is 3. The van der Waals surface area contributed by atoms with E-state index in [-0.39, 0.29) is 39.7 Å². The normalized spacial score (nSPS) is 14.4. The van der Waals surface area contributed by atoms with Gasteiger partial charge in [0.25, 0.3) is 0 Å². The van der Waals surface area contributed by atoms with E-state index >= 15 is 0 Å². The first-order chi connectivity index (χ1) is 15.4. The maximum absolute atomic E-state index is 12.3. The van der Waals surface area contributed by atoms with Crippen molar-refractivity contribution in [3.05, 3.63) is 92.4 Å². The molecule has 166 valence electrons. The second kappa shape index (κ2) is 9.69. The zero-order chi connectivity index (χ0) is 22.8. The summed E-state index contributed by atoms with van der Waals surface area (Å²) in [5.41, 5.74) is 4.68. The Morgan fingerprint density at radius 2 is 1.47 bits per heavy atom. The molecule has 1 aliphatic carbocycles. The third kappa shape index (κ3) is 4.58. The van der Waals surface area contributed by atoms with Crippen molar-refractivity contribution in [3.8, 4) is 11.1 Å². The van der Waals surface area contributed by atoms with Gasteiger partial charge in [0.05, 0.1) is 10.0 Å². The van der Waals surface area contributed by atoms with Crippen molar-refractivity contribution in [3.63, 3.8) is 0 Å². The van der Waals surface area contributed by atoms with Gasteiger partial charge in [-0.25, -0.2) is 4.79 Å². The highest BCUT2D eigenvalue weighted by Crippen LogP contribution is 2.44. The molecule has 1 aliphatic rings. The number of benzene rings is 3. The largest absolute Gasteiger partial charge is 0.449 e. The highest BCUT2D eigenvalue weighted by Gasteiger charge is 2.29. The summed E-state index contributed by atoms with van der Waals surface area (Å²) in [5, 5.41) is 23.7. The molecule has 0 saturated heterocycles. The Balaban J connectivity index is 1.35. The van der Waals surface area contributed by atoms with Crippen LogP contribution in [0.5, 0.6) is 0 Å². The lowest BCUT2D eigenvalue weighted by Crippen LogP contribution is -2.36. The first-order valence-electron chi connectivity index (χ1n) is 9.96. The summed E-state index contributed by atoms with van der Waals surface area (Å²) in [6, 6.07) is 18.8. The van der Waals surface area contributed by atoms with E-state index in [0.29, 0.717) is 0 Å². The molecule has 2 unspecified atom stereocenters. The molecule has 4 rings (SSSR count). The van der Waals surface area contributed by atoms with Crippen LogP contribution in [0.15, 0.2) is 60.7 Å². The third-order valence-electron chi connectivity index (χ3n) is 5.52. The van der Waals surface area contributed by atoms with Crippen LogP contribution in [0.4, 0.5) is 4.79 Å². The lowest BCUT2D eigenvalue weighted by molar-refractivity contribution is 0.0186. The predicted molar refractivity (Wildman–Crippen MR) is 126 cm³/mol. The number of rotatable bonds is 6. The zero-order valence-electron chi connectivity index (χ0n) is 16.8. The van der Waals surface area contributed by atoms with Crippen LogP contribution in [0.25, 0.3) is 11.1 Å².